The third kappa shape index (κ3) is 3.55. The highest BCUT2D eigenvalue weighted by atomic mass is 79.9. The molecule has 1 aliphatic rings. The Labute approximate surface area is 115 Å². The van der Waals surface area contributed by atoms with Crippen LogP contribution in [0.3, 0.4) is 0 Å². The van der Waals surface area contributed by atoms with Gasteiger partial charge in [0.05, 0.1) is 6.42 Å². The van der Waals surface area contributed by atoms with E-state index in [0.29, 0.717) is 12.3 Å². The normalized spacial score (nSPS) is 23.0. The number of carbonyl (C=O) groups is 1. The van der Waals surface area contributed by atoms with Crippen molar-refractivity contribution in [2.75, 3.05) is 5.33 Å². The maximum atomic E-state index is 12.7. The molecule has 0 spiro atoms. The Morgan fingerprint density at radius 2 is 2.06 bits per heavy atom. The molecule has 4 heteroatoms. The van der Waals surface area contributed by atoms with Crippen molar-refractivity contribution in [1.82, 2.24) is 5.32 Å². The Bertz CT molecular complexity index is 407. The van der Waals surface area contributed by atoms with Gasteiger partial charge in [0, 0.05) is 11.4 Å². The number of alkyl halides is 1. The summed E-state index contributed by atoms with van der Waals surface area (Å²) in [4.78, 5) is 11.9. The first-order chi connectivity index (χ1) is 8.69. The topological polar surface area (TPSA) is 29.1 Å². The number of carbonyl (C=O) groups excluding carboxylic acids is 1. The minimum Gasteiger partial charge on any atom is -0.353 e. The third-order valence-electron chi connectivity index (χ3n) is 3.48. The standard InChI is InChI=1S/C14H17BrFNO/c15-9-11-2-1-3-13(11)17-14(18)8-10-4-6-12(16)7-5-10/h4-7,11,13H,1-3,8-9H2,(H,17,18). The molecule has 1 N–H and O–H groups in total. The zero-order valence-corrected chi connectivity index (χ0v) is 11.7. The van der Waals surface area contributed by atoms with Gasteiger partial charge in [-0.25, -0.2) is 4.39 Å². The summed E-state index contributed by atoms with van der Waals surface area (Å²) in [6.07, 6.45) is 3.74. The summed E-state index contributed by atoms with van der Waals surface area (Å²) in [6.45, 7) is 0. The highest BCUT2D eigenvalue weighted by Crippen LogP contribution is 2.27. The molecule has 18 heavy (non-hydrogen) atoms. The van der Waals surface area contributed by atoms with Crippen LogP contribution < -0.4 is 5.32 Å². The lowest BCUT2D eigenvalue weighted by Gasteiger charge is -2.19. The van der Waals surface area contributed by atoms with Gasteiger partial charge in [0.2, 0.25) is 5.91 Å². The Balaban J connectivity index is 1.86. The second-order valence-electron chi connectivity index (χ2n) is 4.82. The van der Waals surface area contributed by atoms with E-state index in [9.17, 15) is 9.18 Å². The van der Waals surface area contributed by atoms with Gasteiger partial charge in [-0.3, -0.25) is 4.79 Å². The van der Waals surface area contributed by atoms with E-state index in [-0.39, 0.29) is 17.8 Å². The summed E-state index contributed by atoms with van der Waals surface area (Å²) < 4.78 is 12.7. The average molecular weight is 314 g/mol. The molecule has 0 aromatic heterocycles. The van der Waals surface area contributed by atoms with Crippen LogP contribution >= 0.6 is 15.9 Å². The van der Waals surface area contributed by atoms with Gasteiger partial charge in [-0.1, -0.05) is 34.5 Å². The van der Waals surface area contributed by atoms with E-state index >= 15 is 0 Å². The number of amides is 1. The fourth-order valence-electron chi connectivity index (χ4n) is 2.46. The maximum absolute atomic E-state index is 12.7. The van der Waals surface area contributed by atoms with Crippen molar-refractivity contribution in [3.8, 4) is 0 Å². The van der Waals surface area contributed by atoms with Gasteiger partial charge in [-0.05, 0) is 36.5 Å². The fourth-order valence-corrected chi connectivity index (χ4v) is 3.23. The summed E-state index contributed by atoms with van der Waals surface area (Å²) in [5.74, 6) is 0.302. The maximum Gasteiger partial charge on any atom is 0.224 e. The van der Waals surface area contributed by atoms with Crippen LogP contribution in [0.5, 0.6) is 0 Å². The molecule has 0 heterocycles. The van der Waals surface area contributed by atoms with Crippen LogP contribution in [0.25, 0.3) is 0 Å². The highest BCUT2D eigenvalue weighted by Gasteiger charge is 2.27. The molecule has 1 aliphatic carbocycles. The van der Waals surface area contributed by atoms with Crippen LogP contribution in [0.15, 0.2) is 24.3 Å². The molecule has 0 bridgehead atoms. The Kier molecular flexibility index (Phi) is 4.75. The second-order valence-corrected chi connectivity index (χ2v) is 5.47. The van der Waals surface area contributed by atoms with Crippen molar-refractivity contribution in [3.63, 3.8) is 0 Å². The van der Waals surface area contributed by atoms with E-state index < -0.39 is 0 Å². The summed E-state index contributed by atoms with van der Waals surface area (Å²) in [6, 6.07) is 6.38. The van der Waals surface area contributed by atoms with Crippen molar-refractivity contribution >= 4 is 21.8 Å². The molecule has 2 nitrogen and oxygen atoms in total. The molecule has 1 aromatic rings. The highest BCUT2D eigenvalue weighted by molar-refractivity contribution is 9.09. The lowest BCUT2D eigenvalue weighted by molar-refractivity contribution is -0.121. The zero-order chi connectivity index (χ0) is 13.0. The number of benzene rings is 1. The van der Waals surface area contributed by atoms with Crippen molar-refractivity contribution in [2.45, 2.75) is 31.7 Å². The molecule has 2 rings (SSSR count). The summed E-state index contributed by atoms with van der Waals surface area (Å²) in [5, 5.41) is 4.02. The smallest absolute Gasteiger partial charge is 0.224 e. The minimum absolute atomic E-state index is 0.0273. The van der Waals surface area contributed by atoms with Crippen LogP contribution in [-0.4, -0.2) is 17.3 Å². The second kappa shape index (κ2) is 6.32. The van der Waals surface area contributed by atoms with Gasteiger partial charge in [-0.15, -0.1) is 0 Å². The van der Waals surface area contributed by atoms with Crippen molar-refractivity contribution in [2.24, 2.45) is 5.92 Å². The first-order valence-corrected chi connectivity index (χ1v) is 7.41. The van der Waals surface area contributed by atoms with Crippen LogP contribution in [-0.2, 0) is 11.2 Å². The molecule has 0 saturated heterocycles. The predicted octanol–water partition coefficient (Wildman–Crippen LogP) is 3.05. The molecule has 2 atom stereocenters. The Morgan fingerprint density at radius 1 is 1.33 bits per heavy atom. The monoisotopic (exact) mass is 313 g/mol. The number of rotatable bonds is 4. The molecule has 0 radical (unpaired) electrons. The lowest BCUT2D eigenvalue weighted by Crippen LogP contribution is -2.38. The SMILES string of the molecule is O=C(Cc1ccc(F)cc1)NC1CCCC1CBr. The van der Waals surface area contributed by atoms with Crippen molar-refractivity contribution < 1.29 is 9.18 Å². The third-order valence-corrected chi connectivity index (χ3v) is 4.31. The molecular formula is C14H17BrFNO. The number of nitrogens with one attached hydrogen (secondary N) is 1. The first kappa shape index (κ1) is 13.5. The summed E-state index contributed by atoms with van der Waals surface area (Å²) in [7, 11) is 0. The summed E-state index contributed by atoms with van der Waals surface area (Å²) >= 11 is 3.49. The van der Waals surface area contributed by atoms with E-state index in [1.807, 2.05) is 0 Å². The van der Waals surface area contributed by atoms with Crippen molar-refractivity contribution in [1.29, 1.82) is 0 Å². The zero-order valence-electron chi connectivity index (χ0n) is 10.2. The summed E-state index contributed by atoms with van der Waals surface area (Å²) in [5.41, 5.74) is 0.849. The molecule has 98 valence electrons. The number of halogens is 2. The average Bonchev–Trinajstić information content (AvgIpc) is 2.79. The molecule has 1 saturated carbocycles. The number of hydrogen-bond donors (Lipinski definition) is 1. The molecule has 2 unspecified atom stereocenters. The van der Waals surface area contributed by atoms with E-state index in [0.717, 1.165) is 17.3 Å². The van der Waals surface area contributed by atoms with Crippen LogP contribution in [0.1, 0.15) is 24.8 Å². The molecule has 0 aliphatic heterocycles. The molecule has 1 aromatic carbocycles. The number of hydrogen-bond acceptors (Lipinski definition) is 1. The van der Waals surface area contributed by atoms with Crippen LogP contribution in [0.2, 0.25) is 0 Å². The van der Waals surface area contributed by atoms with Gasteiger partial charge < -0.3 is 5.32 Å². The van der Waals surface area contributed by atoms with Gasteiger partial charge in [0.25, 0.3) is 0 Å². The van der Waals surface area contributed by atoms with E-state index in [4.69, 9.17) is 0 Å². The van der Waals surface area contributed by atoms with Gasteiger partial charge in [0.15, 0.2) is 0 Å². The van der Waals surface area contributed by atoms with Gasteiger partial charge in [-0.2, -0.15) is 0 Å². The van der Waals surface area contributed by atoms with Crippen LogP contribution in [0.4, 0.5) is 4.39 Å². The molecule has 1 fully saturated rings. The van der Waals surface area contributed by atoms with Gasteiger partial charge in [0.1, 0.15) is 5.82 Å². The van der Waals surface area contributed by atoms with E-state index in [2.05, 4.69) is 21.2 Å². The van der Waals surface area contributed by atoms with E-state index in [1.165, 1.54) is 25.0 Å². The largest absolute Gasteiger partial charge is 0.353 e. The molecule has 1 amide bonds. The minimum atomic E-state index is -0.269. The van der Waals surface area contributed by atoms with E-state index in [1.54, 1.807) is 12.1 Å². The Hall–Kier alpha value is -0.900. The van der Waals surface area contributed by atoms with Gasteiger partial charge >= 0.3 is 0 Å². The fraction of sp³-hybridized carbons (Fsp3) is 0.500. The Morgan fingerprint density at radius 3 is 2.72 bits per heavy atom. The lowest BCUT2D eigenvalue weighted by atomic mass is 10.1. The van der Waals surface area contributed by atoms with Crippen LogP contribution in [0, 0.1) is 11.7 Å². The predicted molar refractivity (Wildman–Crippen MR) is 73.2 cm³/mol. The first-order valence-electron chi connectivity index (χ1n) is 6.29. The molecular weight excluding hydrogens is 297 g/mol. The quantitative estimate of drug-likeness (QED) is 0.851. The van der Waals surface area contributed by atoms with Crippen molar-refractivity contribution in [3.05, 3.63) is 35.6 Å².